The van der Waals surface area contributed by atoms with Crippen molar-refractivity contribution in [2.24, 2.45) is 0 Å². The third-order valence-electron chi connectivity index (χ3n) is 1.67. The van der Waals surface area contributed by atoms with E-state index in [9.17, 15) is 4.79 Å². The first-order valence-corrected chi connectivity index (χ1v) is 5.14. The van der Waals surface area contributed by atoms with Crippen molar-refractivity contribution in [3.05, 3.63) is 17.0 Å². The Morgan fingerprint density at radius 1 is 1.57 bits per heavy atom. The van der Waals surface area contributed by atoms with Gasteiger partial charge in [0.1, 0.15) is 0 Å². The molecule has 1 amide bonds. The largest absolute Gasteiger partial charge is 0.383 e. The molecule has 0 aliphatic carbocycles. The maximum atomic E-state index is 11.5. The number of methoxy groups -OCH3 is 1. The second kappa shape index (κ2) is 5.62. The Morgan fingerprint density at radius 2 is 2.36 bits per heavy atom. The number of anilines is 1. The number of rotatable bonds is 5. The highest BCUT2D eigenvalue weighted by atomic mass is 32.1. The summed E-state index contributed by atoms with van der Waals surface area (Å²) in [6, 6.07) is 3.69. The topological polar surface area (TPSA) is 50.4 Å². The molecule has 1 heterocycles. The van der Waals surface area contributed by atoms with E-state index in [0.29, 0.717) is 18.0 Å². The van der Waals surface area contributed by atoms with Gasteiger partial charge in [0.25, 0.3) is 5.91 Å². The van der Waals surface area contributed by atoms with Crippen molar-refractivity contribution in [1.29, 1.82) is 0 Å². The van der Waals surface area contributed by atoms with Gasteiger partial charge in [-0.05, 0) is 12.1 Å². The minimum Gasteiger partial charge on any atom is -0.383 e. The second-order valence-corrected chi connectivity index (χ2v) is 3.75. The second-order valence-electron chi connectivity index (χ2n) is 2.66. The van der Waals surface area contributed by atoms with Crippen molar-refractivity contribution in [2.45, 2.75) is 0 Å². The van der Waals surface area contributed by atoms with Gasteiger partial charge in [-0.15, -0.1) is 11.3 Å². The quantitative estimate of drug-likeness (QED) is 0.723. The molecule has 0 aromatic carbocycles. The van der Waals surface area contributed by atoms with E-state index in [0.717, 1.165) is 5.00 Å². The lowest BCUT2D eigenvalue weighted by atomic mass is 10.4. The van der Waals surface area contributed by atoms with Crippen LogP contribution in [0.25, 0.3) is 0 Å². The third-order valence-corrected chi connectivity index (χ3v) is 2.77. The Hall–Kier alpha value is -1.07. The molecule has 0 radical (unpaired) electrons. The predicted molar refractivity (Wildman–Crippen MR) is 58.1 cm³/mol. The molecule has 2 N–H and O–H groups in total. The van der Waals surface area contributed by atoms with Gasteiger partial charge in [0.15, 0.2) is 0 Å². The van der Waals surface area contributed by atoms with Crippen LogP contribution in [0.15, 0.2) is 12.1 Å². The average Bonchev–Trinajstić information content (AvgIpc) is 2.66. The summed E-state index contributed by atoms with van der Waals surface area (Å²) >= 11 is 1.44. The van der Waals surface area contributed by atoms with Crippen molar-refractivity contribution >= 4 is 22.2 Å². The van der Waals surface area contributed by atoms with Crippen LogP contribution < -0.4 is 10.6 Å². The summed E-state index contributed by atoms with van der Waals surface area (Å²) in [5, 5.41) is 6.73. The van der Waals surface area contributed by atoms with Crippen LogP contribution in [0.5, 0.6) is 0 Å². The minimum absolute atomic E-state index is 0.0476. The molecule has 4 nitrogen and oxygen atoms in total. The number of nitrogens with one attached hydrogen (secondary N) is 2. The summed E-state index contributed by atoms with van der Waals surface area (Å²) in [4.78, 5) is 12.2. The van der Waals surface area contributed by atoms with Gasteiger partial charge in [0.2, 0.25) is 0 Å². The van der Waals surface area contributed by atoms with E-state index in [4.69, 9.17) is 4.74 Å². The lowest BCUT2D eigenvalue weighted by molar-refractivity contribution is 0.0941. The monoisotopic (exact) mass is 214 g/mol. The first-order chi connectivity index (χ1) is 6.77. The Balaban J connectivity index is 2.44. The van der Waals surface area contributed by atoms with Gasteiger partial charge in [-0.1, -0.05) is 0 Å². The molecule has 0 aliphatic rings. The molecule has 0 spiro atoms. The molecule has 1 rings (SSSR count). The first kappa shape index (κ1) is 11.0. The molecule has 1 aromatic heterocycles. The maximum absolute atomic E-state index is 11.5. The van der Waals surface area contributed by atoms with E-state index < -0.39 is 0 Å². The van der Waals surface area contributed by atoms with Gasteiger partial charge in [-0.25, -0.2) is 0 Å². The SMILES string of the molecule is CNc1ccc(C(=O)NCCOC)s1. The highest BCUT2D eigenvalue weighted by molar-refractivity contribution is 7.17. The number of carbonyl (C=O) groups excluding carboxylic acids is 1. The lowest BCUT2D eigenvalue weighted by Gasteiger charge is -2.01. The average molecular weight is 214 g/mol. The summed E-state index contributed by atoms with van der Waals surface area (Å²) in [5.41, 5.74) is 0. The standard InChI is InChI=1S/C9H14N2O2S/c1-10-8-4-3-7(14-8)9(12)11-5-6-13-2/h3-4,10H,5-6H2,1-2H3,(H,11,12). The number of carbonyl (C=O) groups is 1. The van der Waals surface area contributed by atoms with Crippen LogP contribution in [0.2, 0.25) is 0 Å². The Morgan fingerprint density at radius 3 is 2.93 bits per heavy atom. The summed E-state index contributed by atoms with van der Waals surface area (Å²) in [6.45, 7) is 1.08. The van der Waals surface area contributed by atoms with E-state index in [2.05, 4.69) is 10.6 Å². The molecule has 14 heavy (non-hydrogen) atoms. The van der Waals surface area contributed by atoms with Crippen molar-refractivity contribution in [1.82, 2.24) is 5.32 Å². The highest BCUT2D eigenvalue weighted by Crippen LogP contribution is 2.20. The molecule has 78 valence electrons. The van der Waals surface area contributed by atoms with Crippen LogP contribution in [-0.2, 0) is 4.74 Å². The van der Waals surface area contributed by atoms with Crippen LogP contribution in [-0.4, -0.2) is 33.2 Å². The number of hydrogen-bond donors (Lipinski definition) is 2. The molecular weight excluding hydrogens is 200 g/mol. The number of ether oxygens (including phenoxy) is 1. The molecule has 1 aromatic rings. The van der Waals surface area contributed by atoms with E-state index in [1.807, 2.05) is 13.1 Å². The number of hydrogen-bond acceptors (Lipinski definition) is 4. The molecule has 0 saturated carbocycles. The van der Waals surface area contributed by atoms with E-state index in [1.54, 1.807) is 13.2 Å². The van der Waals surface area contributed by atoms with Gasteiger partial charge in [0.05, 0.1) is 16.5 Å². The van der Waals surface area contributed by atoms with Gasteiger partial charge < -0.3 is 15.4 Å². The molecule has 0 unspecified atom stereocenters. The van der Waals surface area contributed by atoms with Crippen LogP contribution in [0.4, 0.5) is 5.00 Å². The zero-order valence-corrected chi connectivity index (χ0v) is 9.11. The Kier molecular flexibility index (Phi) is 4.42. The Labute approximate surface area is 87.3 Å². The molecule has 0 saturated heterocycles. The van der Waals surface area contributed by atoms with Crippen LogP contribution in [0, 0.1) is 0 Å². The van der Waals surface area contributed by atoms with Crippen LogP contribution in [0.3, 0.4) is 0 Å². The molecule has 0 bridgehead atoms. The Bertz CT molecular complexity index is 299. The lowest BCUT2D eigenvalue weighted by Crippen LogP contribution is -2.26. The van der Waals surface area contributed by atoms with Crippen LogP contribution >= 0.6 is 11.3 Å². The van der Waals surface area contributed by atoms with Gasteiger partial charge in [-0.2, -0.15) is 0 Å². The predicted octanol–water partition coefficient (Wildman–Crippen LogP) is 1.17. The van der Waals surface area contributed by atoms with Crippen molar-refractivity contribution in [3.8, 4) is 0 Å². The molecule has 0 atom stereocenters. The maximum Gasteiger partial charge on any atom is 0.261 e. The molecule has 0 aliphatic heterocycles. The van der Waals surface area contributed by atoms with Crippen molar-refractivity contribution in [3.63, 3.8) is 0 Å². The van der Waals surface area contributed by atoms with E-state index >= 15 is 0 Å². The summed E-state index contributed by atoms with van der Waals surface area (Å²) in [5.74, 6) is -0.0476. The first-order valence-electron chi connectivity index (χ1n) is 4.32. The third kappa shape index (κ3) is 3.01. The van der Waals surface area contributed by atoms with E-state index in [1.165, 1.54) is 11.3 Å². The molecule has 0 fully saturated rings. The minimum atomic E-state index is -0.0476. The van der Waals surface area contributed by atoms with Gasteiger partial charge in [-0.3, -0.25) is 4.79 Å². The van der Waals surface area contributed by atoms with Gasteiger partial charge in [0, 0.05) is 20.7 Å². The molecular formula is C9H14N2O2S. The normalized spacial score (nSPS) is 9.86. The fourth-order valence-electron chi connectivity index (χ4n) is 0.948. The van der Waals surface area contributed by atoms with Crippen molar-refractivity contribution < 1.29 is 9.53 Å². The fraction of sp³-hybridized carbons (Fsp3) is 0.444. The zero-order valence-electron chi connectivity index (χ0n) is 8.29. The summed E-state index contributed by atoms with van der Waals surface area (Å²) < 4.78 is 4.83. The number of amides is 1. The smallest absolute Gasteiger partial charge is 0.261 e. The summed E-state index contributed by atoms with van der Waals surface area (Å²) in [7, 11) is 3.44. The van der Waals surface area contributed by atoms with Crippen LogP contribution in [0.1, 0.15) is 9.67 Å². The van der Waals surface area contributed by atoms with E-state index in [-0.39, 0.29) is 5.91 Å². The zero-order chi connectivity index (χ0) is 10.4. The highest BCUT2D eigenvalue weighted by Gasteiger charge is 2.07. The summed E-state index contributed by atoms with van der Waals surface area (Å²) in [6.07, 6.45) is 0. The number of thiophene rings is 1. The molecule has 5 heteroatoms. The van der Waals surface area contributed by atoms with Gasteiger partial charge >= 0.3 is 0 Å². The van der Waals surface area contributed by atoms with Crippen molar-refractivity contribution in [2.75, 3.05) is 32.6 Å². The fourth-order valence-corrected chi connectivity index (χ4v) is 1.72.